The van der Waals surface area contributed by atoms with Crippen molar-refractivity contribution in [3.05, 3.63) is 28.5 Å². The van der Waals surface area contributed by atoms with Crippen LogP contribution in [-0.2, 0) is 0 Å². The van der Waals surface area contributed by atoms with Gasteiger partial charge in [-0.3, -0.25) is 0 Å². The van der Waals surface area contributed by atoms with Crippen molar-refractivity contribution >= 4 is 21.6 Å². The minimum Gasteiger partial charge on any atom is -0.382 e. The van der Waals surface area contributed by atoms with Gasteiger partial charge in [0.05, 0.1) is 4.47 Å². The molecule has 96 valence electrons. The molecule has 0 aliphatic rings. The molecule has 0 fully saturated rings. The summed E-state index contributed by atoms with van der Waals surface area (Å²) in [6.45, 7) is 6.66. The van der Waals surface area contributed by atoms with Crippen molar-refractivity contribution in [2.45, 2.75) is 46.1 Å². The molecule has 0 aliphatic carbocycles. The number of halogens is 2. The average Bonchev–Trinajstić information content (AvgIpc) is 2.32. The molecule has 0 heterocycles. The van der Waals surface area contributed by atoms with Crippen LogP contribution in [0.3, 0.4) is 0 Å². The van der Waals surface area contributed by atoms with Gasteiger partial charge in [0.15, 0.2) is 0 Å². The highest BCUT2D eigenvalue weighted by molar-refractivity contribution is 9.10. The van der Waals surface area contributed by atoms with E-state index in [4.69, 9.17) is 0 Å². The number of rotatable bonds is 6. The summed E-state index contributed by atoms with van der Waals surface area (Å²) in [5, 5.41) is 3.47. The highest BCUT2D eigenvalue weighted by Gasteiger charge is 2.10. The van der Waals surface area contributed by atoms with Gasteiger partial charge in [-0.1, -0.05) is 27.2 Å². The highest BCUT2D eigenvalue weighted by atomic mass is 79.9. The quantitative estimate of drug-likeness (QED) is 0.760. The Balaban J connectivity index is 2.63. The van der Waals surface area contributed by atoms with Gasteiger partial charge in [-0.15, -0.1) is 0 Å². The van der Waals surface area contributed by atoms with Crippen LogP contribution in [0.4, 0.5) is 10.1 Å². The maximum Gasteiger partial charge on any atom is 0.137 e. The summed E-state index contributed by atoms with van der Waals surface area (Å²) >= 11 is 3.21. The molecule has 0 aromatic heterocycles. The van der Waals surface area contributed by atoms with Crippen LogP contribution in [0.5, 0.6) is 0 Å². The summed E-state index contributed by atoms with van der Waals surface area (Å²) in [6.07, 6.45) is 3.44. The fourth-order valence-electron chi connectivity index (χ4n) is 1.80. The first-order chi connectivity index (χ1) is 8.06. The first-order valence-corrected chi connectivity index (χ1v) is 7.07. The van der Waals surface area contributed by atoms with Crippen LogP contribution in [0, 0.1) is 11.7 Å². The van der Waals surface area contributed by atoms with Crippen LogP contribution in [0.2, 0.25) is 0 Å². The van der Waals surface area contributed by atoms with Gasteiger partial charge in [0, 0.05) is 11.7 Å². The van der Waals surface area contributed by atoms with E-state index in [1.165, 1.54) is 12.5 Å². The third-order valence-electron chi connectivity index (χ3n) is 3.17. The van der Waals surface area contributed by atoms with Gasteiger partial charge in [-0.05, 0) is 52.9 Å². The van der Waals surface area contributed by atoms with E-state index in [0.717, 1.165) is 24.4 Å². The predicted octanol–water partition coefficient (Wildman–Crippen LogP) is 5.21. The van der Waals surface area contributed by atoms with Crippen molar-refractivity contribution in [1.29, 1.82) is 0 Å². The molecule has 3 heteroatoms. The number of nitrogens with one attached hydrogen (secondary N) is 1. The van der Waals surface area contributed by atoms with Crippen LogP contribution in [-0.4, -0.2) is 6.04 Å². The van der Waals surface area contributed by atoms with Crippen molar-refractivity contribution in [3.8, 4) is 0 Å². The standard InChI is InChI=1S/C14H21BrFN/c1-4-10(3)8-11(5-2)17-12-6-7-14(16)13(15)9-12/h6-7,9-11,17H,4-5,8H2,1-3H3. The second-order valence-corrected chi connectivity index (χ2v) is 5.48. The molecule has 0 radical (unpaired) electrons. The highest BCUT2D eigenvalue weighted by Crippen LogP contribution is 2.22. The Morgan fingerprint density at radius 3 is 2.53 bits per heavy atom. The lowest BCUT2D eigenvalue weighted by Gasteiger charge is -2.21. The maximum absolute atomic E-state index is 13.1. The van der Waals surface area contributed by atoms with Crippen LogP contribution >= 0.6 is 15.9 Å². The summed E-state index contributed by atoms with van der Waals surface area (Å²) in [6, 6.07) is 5.54. The molecule has 0 saturated heterocycles. The topological polar surface area (TPSA) is 12.0 Å². The average molecular weight is 302 g/mol. The van der Waals surface area contributed by atoms with Gasteiger partial charge < -0.3 is 5.32 Å². The van der Waals surface area contributed by atoms with E-state index >= 15 is 0 Å². The summed E-state index contributed by atoms with van der Waals surface area (Å²) in [7, 11) is 0. The zero-order valence-electron chi connectivity index (χ0n) is 10.8. The Kier molecular flexibility index (Phi) is 5.96. The number of anilines is 1. The van der Waals surface area contributed by atoms with Gasteiger partial charge in [-0.25, -0.2) is 4.39 Å². The number of hydrogen-bond acceptors (Lipinski definition) is 1. The van der Waals surface area contributed by atoms with Crippen molar-refractivity contribution in [2.75, 3.05) is 5.32 Å². The van der Waals surface area contributed by atoms with Gasteiger partial charge in [-0.2, -0.15) is 0 Å². The second kappa shape index (κ2) is 7.00. The molecule has 1 nitrogen and oxygen atoms in total. The van der Waals surface area contributed by atoms with Gasteiger partial charge >= 0.3 is 0 Å². The summed E-state index contributed by atoms with van der Waals surface area (Å²) < 4.78 is 13.6. The van der Waals surface area contributed by atoms with E-state index in [1.54, 1.807) is 12.1 Å². The Morgan fingerprint density at radius 1 is 1.29 bits per heavy atom. The third kappa shape index (κ3) is 4.66. The monoisotopic (exact) mass is 301 g/mol. The molecule has 2 atom stereocenters. The van der Waals surface area contributed by atoms with Crippen molar-refractivity contribution < 1.29 is 4.39 Å². The Labute approximate surface area is 112 Å². The molecule has 0 aliphatic heterocycles. The zero-order chi connectivity index (χ0) is 12.8. The van der Waals surface area contributed by atoms with E-state index in [1.807, 2.05) is 0 Å². The molecule has 0 spiro atoms. The predicted molar refractivity (Wildman–Crippen MR) is 75.9 cm³/mol. The number of hydrogen-bond donors (Lipinski definition) is 1. The van der Waals surface area contributed by atoms with E-state index in [-0.39, 0.29) is 5.82 Å². The smallest absolute Gasteiger partial charge is 0.137 e. The minimum absolute atomic E-state index is 0.217. The third-order valence-corrected chi connectivity index (χ3v) is 3.77. The second-order valence-electron chi connectivity index (χ2n) is 4.63. The largest absolute Gasteiger partial charge is 0.382 e. The van der Waals surface area contributed by atoms with Crippen LogP contribution in [0.25, 0.3) is 0 Å². The Bertz CT molecular complexity index is 354. The summed E-state index contributed by atoms with van der Waals surface area (Å²) in [5.41, 5.74) is 0.980. The minimum atomic E-state index is -0.217. The van der Waals surface area contributed by atoms with E-state index in [0.29, 0.717) is 10.5 Å². The number of benzene rings is 1. The Hall–Kier alpha value is -0.570. The molecule has 17 heavy (non-hydrogen) atoms. The van der Waals surface area contributed by atoms with Crippen LogP contribution in [0.15, 0.2) is 22.7 Å². The molecule has 2 unspecified atom stereocenters. The summed E-state index contributed by atoms with van der Waals surface area (Å²) in [5.74, 6) is 0.502. The van der Waals surface area contributed by atoms with Crippen LogP contribution in [0.1, 0.15) is 40.0 Å². The van der Waals surface area contributed by atoms with Crippen LogP contribution < -0.4 is 5.32 Å². The van der Waals surface area contributed by atoms with Gasteiger partial charge in [0.1, 0.15) is 5.82 Å². The molecular weight excluding hydrogens is 281 g/mol. The van der Waals surface area contributed by atoms with Gasteiger partial charge in [0.2, 0.25) is 0 Å². The first kappa shape index (κ1) is 14.5. The fourth-order valence-corrected chi connectivity index (χ4v) is 2.18. The molecular formula is C14H21BrFN. The van der Waals surface area contributed by atoms with Crippen molar-refractivity contribution in [1.82, 2.24) is 0 Å². The van der Waals surface area contributed by atoms with Crippen molar-refractivity contribution in [3.63, 3.8) is 0 Å². The molecule has 0 amide bonds. The van der Waals surface area contributed by atoms with Gasteiger partial charge in [0.25, 0.3) is 0 Å². The molecule has 0 bridgehead atoms. The van der Waals surface area contributed by atoms with E-state index < -0.39 is 0 Å². The van der Waals surface area contributed by atoms with Crippen molar-refractivity contribution in [2.24, 2.45) is 5.92 Å². The maximum atomic E-state index is 13.1. The molecule has 1 rings (SSSR count). The van der Waals surface area contributed by atoms with E-state index in [9.17, 15) is 4.39 Å². The van der Waals surface area contributed by atoms with E-state index in [2.05, 4.69) is 42.0 Å². The lowest BCUT2D eigenvalue weighted by Crippen LogP contribution is -2.21. The lowest BCUT2D eigenvalue weighted by molar-refractivity contribution is 0.461. The molecule has 1 aromatic carbocycles. The molecule has 1 N–H and O–H groups in total. The SMILES string of the molecule is CCC(C)CC(CC)Nc1ccc(F)c(Br)c1. The first-order valence-electron chi connectivity index (χ1n) is 6.28. The normalized spacial score (nSPS) is 14.4. The fraction of sp³-hybridized carbons (Fsp3) is 0.571. The lowest BCUT2D eigenvalue weighted by atomic mass is 9.97. The molecule has 0 saturated carbocycles. The zero-order valence-corrected chi connectivity index (χ0v) is 12.3. The Morgan fingerprint density at radius 2 is 2.00 bits per heavy atom. The summed E-state index contributed by atoms with van der Waals surface area (Å²) in [4.78, 5) is 0. The molecule has 1 aromatic rings.